The van der Waals surface area contributed by atoms with Gasteiger partial charge in [-0.15, -0.1) is 0 Å². The molecule has 0 spiro atoms. The third-order valence-electron chi connectivity index (χ3n) is 4.36. The van der Waals surface area contributed by atoms with Gasteiger partial charge in [-0.2, -0.15) is 13.2 Å². The molecule has 26 heavy (non-hydrogen) atoms. The molecule has 0 bridgehead atoms. The molecule has 0 aliphatic carbocycles. The van der Waals surface area contributed by atoms with Crippen molar-refractivity contribution in [2.24, 2.45) is 0 Å². The predicted octanol–water partition coefficient (Wildman–Crippen LogP) is 3.95. The topological polar surface area (TPSA) is 56.8 Å². The first kappa shape index (κ1) is 23.2. The second-order valence-corrected chi connectivity index (χ2v) is 6.70. The van der Waals surface area contributed by atoms with Gasteiger partial charge >= 0.3 is 12.1 Å². The first-order valence-electron chi connectivity index (χ1n) is 9.55. The number of amides is 1. The van der Waals surface area contributed by atoms with Gasteiger partial charge in [0.25, 0.3) is 0 Å². The summed E-state index contributed by atoms with van der Waals surface area (Å²) in [7, 11) is 0. The summed E-state index contributed by atoms with van der Waals surface area (Å²) in [6.45, 7) is 6.76. The van der Waals surface area contributed by atoms with Crippen LogP contribution in [0.3, 0.4) is 0 Å². The van der Waals surface area contributed by atoms with E-state index in [2.05, 4.69) is 19.2 Å². The van der Waals surface area contributed by atoms with Gasteiger partial charge in [0.15, 0.2) is 6.29 Å². The number of carbonyl (C=O) groups is 1. The summed E-state index contributed by atoms with van der Waals surface area (Å²) in [5.41, 5.74) is 0. The highest BCUT2D eigenvalue weighted by molar-refractivity contribution is 5.82. The van der Waals surface area contributed by atoms with E-state index in [4.69, 9.17) is 14.2 Å². The van der Waals surface area contributed by atoms with E-state index in [1.54, 1.807) is 6.92 Å². The summed E-state index contributed by atoms with van der Waals surface area (Å²) >= 11 is 0. The molecule has 1 aliphatic heterocycles. The van der Waals surface area contributed by atoms with Crippen LogP contribution in [0.15, 0.2) is 0 Å². The highest BCUT2D eigenvalue weighted by Gasteiger charge is 2.44. The van der Waals surface area contributed by atoms with E-state index in [1.165, 1.54) is 0 Å². The number of ether oxygens (including phenoxy) is 3. The first-order valence-corrected chi connectivity index (χ1v) is 9.55. The van der Waals surface area contributed by atoms with Crippen molar-refractivity contribution in [3.63, 3.8) is 0 Å². The monoisotopic (exact) mass is 383 g/mol. The maximum atomic E-state index is 12.6. The van der Waals surface area contributed by atoms with Gasteiger partial charge < -0.3 is 19.5 Å². The molecule has 154 valence electrons. The second-order valence-electron chi connectivity index (χ2n) is 6.70. The molecule has 0 aromatic carbocycles. The van der Waals surface area contributed by atoms with Crippen molar-refractivity contribution in [1.82, 2.24) is 5.32 Å². The lowest BCUT2D eigenvalue weighted by molar-refractivity contribution is -0.236. The minimum atomic E-state index is -4.92. The minimum absolute atomic E-state index is 0.136. The summed E-state index contributed by atoms with van der Waals surface area (Å²) in [5.74, 6) is -1.96. The maximum absolute atomic E-state index is 12.6. The van der Waals surface area contributed by atoms with E-state index < -0.39 is 36.6 Å². The van der Waals surface area contributed by atoms with Gasteiger partial charge in [-0.05, 0) is 19.8 Å². The van der Waals surface area contributed by atoms with Crippen molar-refractivity contribution in [3.05, 3.63) is 0 Å². The SMILES string of the molecule is CCCCCO[C@@H]1C[C@H](NC(=O)C(F)(F)F)[C@@H](OCCCCC)[C@@H](C)O1. The number of hydrogen-bond donors (Lipinski definition) is 1. The van der Waals surface area contributed by atoms with Crippen molar-refractivity contribution < 1.29 is 32.2 Å². The predicted molar refractivity (Wildman–Crippen MR) is 91.7 cm³/mol. The van der Waals surface area contributed by atoms with Gasteiger partial charge in [0.2, 0.25) is 0 Å². The molecule has 5 nitrogen and oxygen atoms in total. The zero-order valence-electron chi connectivity index (χ0n) is 15.9. The van der Waals surface area contributed by atoms with Crippen LogP contribution in [0.4, 0.5) is 13.2 Å². The molecule has 0 aromatic heterocycles. The zero-order valence-corrected chi connectivity index (χ0v) is 15.9. The number of alkyl halides is 3. The highest BCUT2D eigenvalue weighted by atomic mass is 19.4. The number of halogens is 3. The van der Waals surface area contributed by atoms with E-state index in [0.717, 1.165) is 38.5 Å². The normalized spacial score (nSPS) is 26.7. The van der Waals surface area contributed by atoms with Crippen LogP contribution in [-0.4, -0.2) is 49.8 Å². The molecule has 1 N–H and O–H groups in total. The smallest absolute Gasteiger partial charge is 0.373 e. The van der Waals surface area contributed by atoms with Crippen molar-refractivity contribution in [1.29, 1.82) is 0 Å². The lowest BCUT2D eigenvalue weighted by Crippen LogP contribution is -2.58. The van der Waals surface area contributed by atoms with Crippen LogP contribution in [0.2, 0.25) is 0 Å². The van der Waals surface area contributed by atoms with Crippen molar-refractivity contribution >= 4 is 5.91 Å². The molecule has 4 atom stereocenters. The molecule has 0 aromatic rings. The molecule has 0 saturated carbocycles. The van der Waals surface area contributed by atoms with Crippen LogP contribution in [-0.2, 0) is 19.0 Å². The molecule has 1 saturated heterocycles. The minimum Gasteiger partial charge on any atom is -0.373 e. The quantitative estimate of drug-likeness (QED) is 0.549. The molecule has 1 amide bonds. The van der Waals surface area contributed by atoms with E-state index in [9.17, 15) is 18.0 Å². The third-order valence-corrected chi connectivity index (χ3v) is 4.36. The van der Waals surface area contributed by atoms with Crippen LogP contribution < -0.4 is 5.32 Å². The third kappa shape index (κ3) is 8.22. The fourth-order valence-electron chi connectivity index (χ4n) is 2.93. The van der Waals surface area contributed by atoms with Gasteiger partial charge in [0.05, 0.1) is 12.1 Å². The Bertz CT molecular complexity index is 406. The number of nitrogens with one attached hydrogen (secondary N) is 1. The lowest BCUT2D eigenvalue weighted by atomic mass is 9.99. The van der Waals surface area contributed by atoms with Crippen LogP contribution >= 0.6 is 0 Å². The molecule has 1 rings (SSSR count). The highest BCUT2D eigenvalue weighted by Crippen LogP contribution is 2.26. The molecule has 0 radical (unpaired) electrons. The van der Waals surface area contributed by atoms with Crippen molar-refractivity contribution in [2.75, 3.05) is 13.2 Å². The number of unbranched alkanes of at least 4 members (excludes halogenated alkanes) is 4. The Kier molecular flexibility index (Phi) is 10.5. The Balaban J connectivity index is 2.66. The van der Waals surface area contributed by atoms with E-state index in [0.29, 0.717) is 13.2 Å². The Morgan fingerprint density at radius 3 is 2.19 bits per heavy atom. The van der Waals surface area contributed by atoms with Crippen LogP contribution in [0, 0.1) is 0 Å². The average Bonchev–Trinajstić information content (AvgIpc) is 2.56. The summed E-state index contributed by atoms with van der Waals surface area (Å²) < 4.78 is 55.1. The number of rotatable bonds is 11. The van der Waals surface area contributed by atoms with Gasteiger partial charge in [-0.3, -0.25) is 4.79 Å². The van der Waals surface area contributed by atoms with Gasteiger partial charge in [0.1, 0.15) is 6.10 Å². The van der Waals surface area contributed by atoms with Crippen LogP contribution in [0.1, 0.15) is 65.7 Å². The van der Waals surface area contributed by atoms with E-state index in [-0.39, 0.29) is 6.42 Å². The Hall–Kier alpha value is -0.860. The largest absolute Gasteiger partial charge is 0.471 e. The fourth-order valence-corrected chi connectivity index (χ4v) is 2.93. The summed E-state index contributed by atoms with van der Waals surface area (Å²) in [4.78, 5) is 11.4. The van der Waals surface area contributed by atoms with Crippen LogP contribution in [0.25, 0.3) is 0 Å². The summed E-state index contributed by atoms with van der Waals surface area (Å²) in [5, 5.41) is 2.06. The summed E-state index contributed by atoms with van der Waals surface area (Å²) in [6, 6.07) is -0.800. The number of hydrogen-bond acceptors (Lipinski definition) is 4. The lowest BCUT2D eigenvalue weighted by Gasteiger charge is -2.40. The van der Waals surface area contributed by atoms with Crippen molar-refractivity contribution in [3.8, 4) is 0 Å². The van der Waals surface area contributed by atoms with Gasteiger partial charge in [-0.1, -0.05) is 39.5 Å². The van der Waals surface area contributed by atoms with E-state index in [1.807, 2.05) is 0 Å². The number of carbonyl (C=O) groups excluding carboxylic acids is 1. The molecule has 1 heterocycles. The van der Waals surface area contributed by atoms with Crippen molar-refractivity contribution in [2.45, 2.75) is 96.4 Å². The maximum Gasteiger partial charge on any atom is 0.471 e. The molecular formula is C18H32F3NO4. The van der Waals surface area contributed by atoms with E-state index >= 15 is 0 Å². The molecule has 8 heteroatoms. The fraction of sp³-hybridized carbons (Fsp3) is 0.944. The first-order chi connectivity index (χ1) is 12.3. The van der Waals surface area contributed by atoms with Gasteiger partial charge in [-0.25, -0.2) is 0 Å². The Morgan fingerprint density at radius 1 is 1.08 bits per heavy atom. The van der Waals surface area contributed by atoms with Crippen LogP contribution in [0.5, 0.6) is 0 Å². The molecule has 1 fully saturated rings. The van der Waals surface area contributed by atoms with Gasteiger partial charge in [0, 0.05) is 19.6 Å². The average molecular weight is 383 g/mol. The second kappa shape index (κ2) is 11.8. The Labute approximate surface area is 153 Å². The standard InChI is InChI=1S/C18H32F3NO4/c1-4-6-8-10-24-15-12-14(22-17(23)18(19,20)21)16(13(3)26-15)25-11-9-7-5-2/h13-16H,4-12H2,1-3H3,(H,22,23)/t13-,14+,15+,16+/m1/s1. The summed E-state index contributed by atoms with van der Waals surface area (Å²) in [6.07, 6.45) is -0.805. The Morgan fingerprint density at radius 2 is 1.65 bits per heavy atom. The molecule has 1 aliphatic rings. The molecular weight excluding hydrogens is 351 g/mol. The molecule has 0 unspecified atom stereocenters. The zero-order chi connectivity index (χ0) is 19.6.